The molecule has 24 heavy (non-hydrogen) atoms. The van der Waals surface area contributed by atoms with Gasteiger partial charge in [0.2, 0.25) is 5.88 Å². The van der Waals surface area contributed by atoms with Gasteiger partial charge in [-0.15, -0.1) is 10.2 Å². The molecule has 1 aliphatic heterocycles. The Morgan fingerprint density at radius 3 is 3.00 bits per heavy atom. The number of hydrogen-bond acceptors (Lipinski definition) is 5. The SMILES string of the molecule is COc1ccc(CN2CCCC(c3nnc4ccccn34)C2)cn1. The highest BCUT2D eigenvalue weighted by Gasteiger charge is 2.25. The third kappa shape index (κ3) is 2.97. The van der Waals surface area contributed by atoms with Crippen LogP contribution >= 0.6 is 0 Å². The van der Waals surface area contributed by atoms with Crippen LogP contribution in [-0.2, 0) is 6.54 Å². The van der Waals surface area contributed by atoms with Gasteiger partial charge in [-0.1, -0.05) is 12.1 Å². The Morgan fingerprint density at radius 1 is 1.21 bits per heavy atom. The first kappa shape index (κ1) is 15.1. The Bertz CT molecular complexity index is 814. The molecule has 1 saturated heterocycles. The fraction of sp³-hybridized carbons (Fsp3) is 0.389. The van der Waals surface area contributed by atoms with Gasteiger partial charge in [0.05, 0.1) is 7.11 Å². The predicted octanol–water partition coefficient (Wildman–Crippen LogP) is 2.51. The van der Waals surface area contributed by atoms with Crippen molar-refractivity contribution in [1.29, 1.82) is 0 Å². The zero-order chi connectivity index (χ0) is 16.4. The summed E-state index contributed by atoms with van der Waals surface area (Å²) in [6.45, 7) is 3.02. The summed E-state index contributed by atoms with van der Waals surface area (Å²) in [7, 11) is 1.64. The Labute approximate surface area is 141 Å². The van der Waals surface area contributed by atoms with Crippen molar-refractivity contribution in [1.82, 2.24) is 24.5 Å². The van der Waals surface area contributed by atoms with E-state index in [1.165, 1.54) is 12.0 Å². The minimum atomic E-state index is 0.419. The van der Waals surface area contributed by atoms with E-state index < -0.39 is 0 Å². The number of methoxy groups -OCH3 is 1. The average Bonchev–Trinajstić information content (AvgIpc) is 3.07. The lowest BCUT2D eigenvalue weighted by Gasteiger charge is -2.31. The van der Waals surface area contributed by atoms with Crippen LogP contribution in [0.2, 0.25) is 0 Å². The molecule has 6 nitrogen and oxygen atoms in total. The van der Waals surface area contributed by atoms with E-state index in [2.05, 4.69) is 36.7 Å². The van der Waals surface area contributed by atoms with Crippen molar-refractivity contribution >= 4 is 5.65 Å². The third-order valence-electron chi connectivity index (χ3n) is 4.62. The van der Waals surface area contributed by atoms with E-state index in [9.17, 15) is 0 Å². The van der Waals surface area contributed by atoms with Crippen LogP contribution in [0.3, 0.4) is 0 Å². The molecule has 1 fully saturated rings. The molecular formula is C18H21N5O. The van der Waals surface area contributed by atoms with E-state index in [1.54, 1.807) is 7.11 Å². The molecule has 0 N–H and O–H groups in total. The predicted molar refractivity (Wildman–Crippen MR) is 91.0 cm³/mol. The molecule has 1 atom stereocenters. The molecule has 0 saturated carbocycles. The number of ether oxygens (including phenoxy) is 1. The highest BCUT2D eigenvalue weighted by atomic mass is 16.5. The normalized spacial score (nSPS) is 18.8. The van der Waals surface area contributed by atoms with Crippen molar-refractivity contribution in [2.75, 3.05) is 20.2 Å². The van der Waals surface area contributed by atoms with Crippen LogP contribution < -0.4 is 4.74 Å². The topological polar surface area (TPSA) is 55.5 Å². The van der Waals surface area contributed by atoms with Gasteiger partial charge in [-0.25, -0.2) is 4.98 Å². The van der Waals surface area contributed by atoms with E-state index in [1.807, 2.05) is 30.5 Å². The van der Waals surface area contributed by atoms with Gasteiger partial charge < -0.3 is 4.74 Å². The molecule has 4 rings (SSSR count). The molecule has 1 aliphatic rings. The summed E-state index contributed by atoms with van der Waals surface area (Å²) in [6.07, 6.45) is 6.29. The average molecular weight is 323 g/mol. The molecular weight excluding hydrogens is 302 g/mol. The Hall–Kier alpha value is -2.47. The second-order valence-corrected chi connectivity index (χ2v) is 6.27. The first-order chi connectivity index (χ1) is 11.8. The molecule has 1 unspecified atom stereocenters. The van der Waals surface area contributed by atoms with Gasteiger partial charge in [-0.2, -0.15) is 0 Å². The lowest BCUT2D eigenvalue weighted by atomic mass is 9.97. The summed E-state index contributed by atoms with van der Waals surface area (Å²) in [5, 5.41) is 8.73. The maximum Gasteiger partial charge on any atom is 0.212 e. The number of nitrogens with zero attached hydrogens (tertiary/aromatic N) is 5. The molecule has 0 spiro atoms. The highest BCUT2D eigenvalue weighted by Crippen LogP contribution is 2.27. The zero-order valence-corrected chi connectivity index (χ0v) is 13.8. The summed E-state index contributed by atoms with van der Waals surface area (Å²) in [4.78, 5) is 6.77. The van der Waals surface area contributed by atoms with Crippen LogP contribution in [0.5, 0.6) is 5.88 Å². The van der Waals surface area contributed by atoms with Crippen LogP contribution in [0.1, 0.15) is 30.1 Å². The second-order valence-electron chi connectivity index (χ2n) is 6.27. The molecule has 6 heteroatoms. The molecule has 0 aromatic carbocycles. The number of hydrogen-bond donors (Lipinski definition) is 0. The van der Waals surface area contributed by atoms with Gasteiger partial charge in [0, 0.05) is 37.5 Å². The maximum absolute atomic E-state index is 5.12. The lowest BCUT2D eigenvalue weighted by Crippen LogP contribution is -2.34. The molecule has 3 aromatic rings. The first-order valence-corrected chi connectivity index (χ1v) is 8.34. The van der Waals surface area contributed by atoms with Crippen LogP contribution in [0, 0.1) is 0 Å². The van der Waals surface area contributed by atoms with Gasteiger partial charge >= 0.3 is 0 Å². The summed E-state index contributed by atoms with van der Waals surface area (Å²) < 4.78 is 7.24. The van der Waals surface area contributed by atoms with E-state index in [0.717, 1.165) is 37.5 Å². The Morgan fingerprint density at radius 2 is 2.17 bits per heavy atom. The molecule has 3 aromatic heterocycles. The smallest absolute Gasteiger partial charge is 0.212 e. The molecule has 4 heterocycles. The van der Waals surface area contributed by atoms with Gasteiger partial charge in [0.15, 0.2) is 5.65 Å². The summed E-state index contributed by atoms with van der Waals surface area (Å²) in [6, 6.07) is 10.0. The second kappa shape index (κ2) is 6.57. The third-order valence-corrected chi connectivity index (χ3v) is 4.62. The van der Waals surface area contributed by atoms with Crippen molar-refractivity contribution in [2.24, 2.45) is 0 Å². The van der Waals surface area contributed by atoms with Crippen molar-refractivity contribution in [2.45, 2.75) is 25.3 Å². The van der Waals surface area contributed by atoms with Gasteiger partial charge in [0.1, 0.15) is 5.82 Å². The number of rotatable bonds is 4. The van der Waals surface area contributed by atoms with Crippen LogP contribution in [0.4, 0.5) is 0 Å². The van der Waals surface area contributed by atoms with Gasteiger partial charge in [-0.05, 0) is 37.1 Å². The minimum absolute atomic E-state index is 0.419. The van der Waals surface area contributed by atoms with E-state index in [0.29, 0.717) is 11.8 Å². The standard InChI is InChI=1S/C18H21N5O/c1-24-17-8-7-14(11-19-17)12-22-9-4-5-15(13-22)18-21-20-16-6-2-3-10-23(16)18/h2-3,6-8,10-11,15H,4-5,9,12-13H2,1H3. The quantitative estimate of drug-likeness (QED) is 0.738. The monoisotopic (exact) mass is 323 g/mol. The zero-order valence-electron chi connectivity index (χ0n) is 13.8. The Kier molecular flexibility index (Phi) is 4.13. The van der Waals surface area contributed by atoms with E-state index >= 15 is 0 Å². The van der Waals surface area contributed by atoms with Crippen molar-refractivity contribution < 1.29 is 4.74 Å². The largest absolute Gasteiger partial charge is 0.481 e. The number of aromatic nitrogens is 4. The van der Waals surface area contributed by atoms with Crippen LogP contribution in [0.25, 0.3) is 5.65 Å². The number of pyridine rings is 2. The summed E-state index contributed by atoms with van der Waals surface area (Å²) in [5.41, 5.74) is 2.13. The Balaban J connectivity index is 1.49. The maximum atomic E-state index is 5.12. The van der Waals surface area contributed by atoms with Crippen LogP contribution in [-0.4, -0.2) is 44.7 Å². The van der Waals surface area contributed by atoms with E-state index in [4.69, 9.17) is 4.74 Å². The lowest BCUT2D eigenvalue weighted by molar-refractivity contribution is 0.196. The molecule has 0 radical (unpaired) electrons. The van der Waals surface area contributed by atoms with E-state index in [-0.39, 0.29) is 0 Å². The first-order valence-electron chi connectivity index (χ1n) is 8.34. The fourth-order valence-corrected chi connectivity index (χ4v) is 3.43. The molecule has 124 valence electrons. The van der Waals surface area contributed by atoms with Crippen molar-refractivity contribution in [3.05, 3.63) is 54.1 Å². The highest BCUT2D eigenvalue weighted by molar-refractivity contribution is 5.37. The number of fused-ring (bicyclic) bond motifs is 1. The van der Waals surface area contributed by atoms with Gasteiger partial charge in [0.25, 0.3) is 0 Å². The minimum Gasteiger partial charge on any atom is -0.481 e. The summed E-state index contributed by atoms with van der Waals surface area (Å²) in [5.74, 6) is 2.15. The fourth-order valence-electron chi connectivity index (χ4n) is 3.43. The molecule has 0 bridgehead atoms. The number of piperidine rings is 1. The molecule has 0 aliphatic carbocycles. The van der Waals surface area contributed by atoms with Gasteiger partial charge in [-0.3, -0.25) is 9.30 Å². The van der Waals surface area contributed by atoms with Crippen molar-refractivity contribution in [3.8, 4) is 5.88 Å². The van der Waals surface area contributed by atoms with Crippen molar-refractivity contribution in [3.63, 3.8) is 0 Å². The van der Waals surface area contributed by atoms with Crippen LogP contribution in [0.15, 0.2) is 42.7 Å². The number of likely N-dealkylation sites (tertiary alicyclic amines) is 1. The molecule has 0 amide bonds. The summed E-state index contributed by atoms with van der Waals surface area (Å²) >= 11 is 0.